The van der Waals surface area contributed by atoms with Crippen LogP contribution in [-0.2, 0) is 5.60 Å². The van der Waals surface area contributed by atoms with E-state index in [0.29, 0.717) is 29.4 Å². The minimum Gasteiger partial charge on any atom is -0.385 e. The van der Waals surface area contributed by atoms with Crippen LogP contribution in [0.3, 0.4) is 0 Å². The third-order valence-electron chi connectivity index (χ3n) is 3.27. The van der Waals surface area contributed by atoms with Crippen molar-refractivity contribution < 1.29 is 5.11 Å². The first-order chi connectivity index (χ1) is 10.0. The van der Waals surface area contributed by atoms with Crippen LogP contribution in [0, 0.1) is 11.3 Å². The molecule has 1 unspecified atom stereocenters. The van der Waals surface area contributed by atoms with Gasteiger partial charge in [0.05, 0.1) is 16.2 Å². The Balaban J connectivity index is 1.97. The molecular formula is C16H16ClN3O. The lowest BCUT2D eigenvalue weighted by molar-refractivity contribution is 0.0515. The molecule has 2 aromatic rings. The highest BCUT2D eigenvalue weighted by Gasteiger charge is 2.22. The average Bonchev–Trinajstić information content (AvgIpc) is 2.49. The molecule has 1 atom stereocenters. The van der Waals surface area contributed by atoms with Gasteiger partial charge in [-0.25, -0.2) is 4.98 Å². The van der Waals surface area contributed by atoms with Gasteiger partial charge >= 0.3 is 0 Å². The monoisotopic (exact) mass is 301 g/mol. The number of nitriles is 1. The molecule has 5 heteroatoms. The van der Waals surface area contributed by atoms with Crippen LogP contribution in [-0.4, -0.2) is 16.6 Å². The van der Waals surface area contributed by atoms with Crippen LogP contribution < -0.4 is 5.32 Å². The normalized spacial score (nSPS) is 13.2. The minimum absolute atomic E-state index is 0.397. The Labute approximate surface area is 129 Å². The predicted molar refractivity (Wildman–Crippen MR) is 83.1 cm³/mol. The Bertz CT molecular complexity index is 650. The van der Waals surface area contributed by atoms with Gasteiger partial charge < -0.3 is 10.4 Å². The summed E-state index contributed by atoms with van der Waals surface area (Å²) in [7, 11) is 0. The molecule has 0 bridgehead atoms. The minimum atomic E-state index is -0.923. The van der Waals surface area contributed by atoms with Gasteiger partial charge in [-0.15, -0.1) is 0 Å². The summed E-state index contributed by atoms with van der Waals surface area (Å²) in [5.41, 5.74) is 0.361. The Morgan fingerprint density at radius 1 is 1.38 bits per heavy atom. The van der Waals surface area contributed by atoms with Gasteiger partial charge in [-0.2, -0.15) is 5.26 Å². The highest BCUT2D eigenvalue weighted by atomic mass is 35.5. The van der Waals surface area contributed by atoms with Crippen LogP contribution in [0.1, 0.15) is 24.5 Å². The molecule has 1 heterocycles. The third kappa shape index (κ3) is 3.94. The zero-order valence-corrected chi connectivity index (χ0v) is 12.4. The smallest absolute Gasteiger partial charge is 0.144 e. The van der Waals surface area contributed by atoms with Gasteiger partial charge in [0.1, 0.15) is 11.9 Å². The number of hydrogen-bond acceptors (Lipinski definition) is 4. The van der Waals surface area contributed by atoms with Crippen molar-refractivity contribution in [1.29, 1.82) is 5.26 Å². The Morgan fingerprint density at radius 3 is 2.71 bits per heavy atom. The summed E-state index contributed by atoms with van der Waals surface area (Å²) in [5, 5.41) is 22.7. The van der Waals surface area contributed by atoms with Crippen molar-refractivity contribution in [1.82, 2.24) is 4.98 Å². The fourth-order valence-electron chi connectivity index (χ4n) is 1.99. The molecule has 0 spiro atoms. The van der Waals surface area contributed by atoms with Crippen LogP contribution in [0.5, 0.6) is 0 Å². The van der Waals surface area contributed by atoms with Gasteiger partial charge in [-0.3, -0.25) is 0 Å². The number of pyridine rings is 1. The molecule has 0 saturated heterocycles. The van der Waals surface area contributed by atoms with Gasteiger partial charge in [0.15, 0.2) is 0 Å². The zero-order chi connectivity index (χ0) is 15.3. The summed E-state index contributed by atoms with van der Waals surface area (Å²) in [6.07, 6.45) is 1.97. The van der Waals surface area contributed by atoms with Crippen molar-refractivity contribution >= 4 is 17.4 Å². The molecule has 21 heavy (non-hydrogen) atoms. The van der Waals surface area contributed by atoms with Crippen molar-refractivity contribution in [3.8, 4) is 6.07 Å². The van der Waals surface area contributed by atoms with E-state index in [1.165, 1.54) is 6.20 Å². The molecule has 0 saturated carbocycles. The molecule has 0 fully saturated rings. The van der Waals surface area contributed by atoms with E-state index in [0.717, 1.165) is 5.56 Å². The van der Waals surface area contributed by atoms with Crippen LogP contribution >= 0.6 is 11.6 Å². The number of rotatable bonds is 5. The van der Waals surface area contributed by atoms with E-state index in [9.17, 15) is 5.11 Å². The predicted octanol–water partition coefficient (Wildman–Crippen LogP) is 3.32. The summed E-state index contributed by atoms with van der Waals surface area (Å²) in [5.74, 6) is 0.513. The van der Waals surface area contributed by atoms with Gasteiger partial charge in [0.2, 0.25) is 0 Å². The highest BCUT2D eigenvalue weighted by molar-refractivity contribution is 6.33. The zero-order valence-electron chi connectivity index (χ0n) is 11.7. The van der Waals surface area contributed by atoms with Crippen molar-refractivity contribution in [3.63, 3.8) is 0 Å². The van der Waals surface area contributed by atoms with Crippen molar-refractivity contribution in [2.45, 2.75) is 18.9 Å². The van der Waals surface area contributed by atoms with Crippen LogP contribution in [0.2, 0.25) is 5.02 Å². The first-order valence-electron chi connectivity index (χ1n) is 6.60. The quantitative estimate of drug-likeness (QED) is 0.889. The summed E-state index contributed by atoms with van der Waals surface area (Å²) < 4.78 is 0. The maximum absolute atomic E-state index is 10.5. The second kappa shape index (κ2) is 6.57. The lowest BCUT2D eigenvalue weighted by Gasteiger charge is -2.24. The van der Waals surface area contributed by atoms with E-state index in [1.54, 1.807) is 13.0 Å². The molecular weight excluding hydrogens is 286 g/mol. The first-order valence-corrected chi connectivity index (χ1v) is 6.98. The van der Waals surface area contributed by atoms with Crippen LogP contribution in [0.15, 0.2) is 42.6 Å². The van der Waals surface area contributed by atoms with Gasteiger partial charge in [-0.1, -0.05) is 41.9 Å². The molecule has 0 aliphatic rings. The number of halogens is 1. The van der Waals surface area contributed by atoms with E-state index in [2.05, 4.69) is 10.3 Å². The SMILES string of the molecule is CC(O)(CCNc1ncc(C#N)cc1Cl)c1ccccc1. The van der Waals surface area contributed by atoms with E-state index in [1.807, 2.05) is 36.4 Å². The van der Waals surface area contributed by atoms with Gasteiger partial charge in [-0.05, 0) is 25.0 Å². The van der Waals surface area contributed by atoms with Crippen molar-refractivity contribution in [2.24, 2.45) is 0 Å². The molecule has 0 radical (unpaired) electrons. The van der Waals surface area contributed by atoms with Crippen LogP contribution in [0.4, 0.5) is 5.82 Å². The third-order valence-corrected chi connectivity index (χ3v) is 3.56. The molecule has 0 aliphatic carbocycles. The standard InChI is InChI=1S/C16H16ClN3O/c1-16(21,13-5-3-2-4-6-13)7-8-19-15-14(17)9-12(10-18)11-20-15/h2-6,9,11,21H,7-8H2,1H3,(H,19,20). The number of aromatic nitrogens is 1. The second-order valence-corrected chi connectivity index (χ2v) is 5.39. The summed E-state index contributed by atoms with van der Waals surface area (Å²) in [4.78, 5) is 4.09. The molecule has 0 aliphatic heterocycles. The molecule has 2 N–H and O–H groups in total. The number of anilines is 1. The Morgan fingerprint density at radius 2 is 2.10 bits per heavy atom. The largest absolute Gasteiger partial charge is 0.385 e. The van der Waals surface area contributed by atoms with E-state index in [4.69, 9.17) is 16.9 Å². The second-order valence-electron chi connectivity index (χ2n) is 4.98. The highest BCUT2D eigenvalue weighted by Crippen LogP contribution is 2.25. The molecule has 2 rings (SSSR count). The maximum atomic E-state index is 10.5. The van der Waals surface area contributed by atoms with Crippen molar-refractivity contribution in [3.05, 3.63) is 58.7 Å². The van der Waals surface area contributed by atoms with E-state index >= 15 is 0 Å². The summed E-state index contributed by atoms with van der Waals surface area (Å²) in [6, 6.07) is 13.0. The molecule has 1 aromatic carbocycles. The number of nitrogens with one attached hydrogen (secondary N) is 1. The first kappa shape index (κ1) is 15.3. The fraction of sp³-hybridized carbons (Fsp3) is 0.250. The average molecular weight is 302 g/mol. The maximum Gasteiger partial charge on any atom is 0.144 e. The van der Waals surface area contributed by atoms with Crippen LogP contribution in [0.25, 0.3) is 0 Å². The van der Waals surface area contributed by atoms with Gasteiger partial charge in [0.25, 0.3) is 0 Å². The molecule has 0 amide bonds. The van der Waals surface area contributed by atoms with E-state index in [-0.39, 0.29) is 0 Å². The number of aliphatic hydroxyl groups is 1. The summed E-state index contributed by atoms with van der Waals surface area (Å²) in [6.45, 7) is 2.29. The molecule has 4 nitrogen and oxygen atoms in total. The summed E-state index contributed by atoms with van der Waals surface area (Å²) >= 11 is 6.04. The number of hydrogen-bond donors (Lipinski definition) is 2. The van der Waals surface area contributed by atoms with E-state index < -0.39 is 5.60 Å². The molecule has 1 aromatic heterocycles. The van der Waals surface area contributed by atoms with Gasteiger partial charge in [0, 0.05) is 12.7 Å². The Hall–Kier alpha value is -2.09. The molecule has 108 valence electrons. The lowest BCUT2D eigenvalue weighted by Crippen LogP contribution is -2.24. The fourth-order valence-corrected chi connectivity index (χ4v) is 2.23. The lowest BCUT2D eigenvalue weighted by atomic mass is 9.93. The Kier molecular flexibility index (Phi) is 4.79. The number of nitrogens with zero attached hydrogens (tertiary/aromatic N) is 2. The van der Waals surface area contributed by atoms with Crippen molar-refractivity contribution in [2.75, 3.05) is 11.9 Å². The number of benzene rings is 1. The topological polar surface area (TPSA) is 68.9 Å².